The molecule has 1 unspecified atom stereocenters. The van der Waals surface area contributed by atoms with Crippen LogP contribution in [0.2, 0.25) is 0 Å². The van der Waals surface area contributed by atoms with Gasteiger partial charge in [0.2, 0.25) is 5.88 Å². The van der Waals surface area contributed by atoms with Gasteiger partial charge in [-0.25, -0.2) is 9.78 Å². The Balaban J connectivity index is 2.09. The topological polar surface area (TPSA) is 88.5 Å². The van der Waals surface area contributed by atoms with Crippen LogP contribution in [0.25, 0.3) is 0 Å². The summed E-state index contributed by atoms with van der Waals surface area (Å²) in [4.78, 5) is 27.5. The summed E-state index contributed by atoms with van der Waals surface area (Å²) in [6, 6.07) is 3.09. The number of nitrogens with zero attached hydrogens (tertiary/aromatic N) is 1. The normalized spacial score (nSPS) is 17.4. The molecule has 6 heteroatoms. The summed E-state index contributed by atoms with van der Waals surface area (Å²) in [6.45, 7) is 3.91. The number of carboxylic acids is 1. The lowest BCUT2D eigenvalue weighted by atomic mass is 9.76. The van der Waals surface area contributed by atoms with E-state index >= 15 is 0 Å². The fraction of sp³-hybridized carbons (Fsp3) is 0.533. The first-order valence-corrected chi connectivity index (χ1v) is 7.15. The van der Waals surface area contributed by atoms with Gasteiger partial charge in [-0.1, -0.05) is 6.92 Å². The van der Waals surface area contributed by atoms with Gasteiger partial charge in [0.15, 0.2) is 0 Å². The van der Waals surface area contributed by atoms with Gasteiger partial charge in [0, 0.05) is 17.8 Å². The molecular weight excluding hydrogens is 272 g/mol. The Labute approximate surface area is 123 Å². The highest BCUT2D eigenvalue weighted by molar-refractivity contribution is 5.98. The average Bonchev–Trinajstić information content (AvgIpc) is 2.42. The smallest absolute Gasteiger partial charge is 0.329 e. The molecule has 0 aliphatic heterocycles. The Morgan fingerprint density at radius 3 is 2.76 bits per heavy atom. The molecule has 0 spiro atoms. The fourth-order valence-electron chi connectivity index (χ4n) is 2.12. The van der Waals surface area contributed by atoms with Crippen molar-refractivity contribution in [3.63, 3.8) is 0 Å². The molecule has 1 saturated carbocycles. The van der Waals surface area contributed by atoms with E-state index in [9.17, 15) is 14.7 Å². The number of nitrogens with one attached hydrogen (secondary N) is 1. The zero-order valence-corrected chi connectivity index (χ0v) is 12.3. The number of aromatic nitrogens is 1. The van der Waals surface area contributed by atoms with Crippen molar-refractivity contribution in [2.45, 2.75) is 51.2 Å². The van der Waals surface area contributed by atoms with Gasteiger partial charge in [-0.05, 0) is 38.7 Å². The molecule has 21 heavy (non-hydrogen) atoms. The molecule has 1 aliphatic carbocycles. The van der Waals surface area contributed by atoms with Crippen molar-refractivity contribution < 1.29 is 19.4 Å². The lowest BCUT2D eigenvalue weighted by Gasteiger charge is -2.38. The Morgan fingerprint density at radius 1 is 1.52 bits per heavy atom. The molecule has 0 radical (unpaired) electrons. The van der Waals surface area contributed by atoms with Gasteiger partial charge in [0.25, 0.3) is 5.91 Å². The number of aliphatic carboxylic acids is 1. The third kappa shape index (κ3) is 3.32. The van der Waals surface area contributed by atoms with E-state index in [0.717, 1.165) is 12.8 Å². The van der Waals surface area contributed by atoms with E-state index in [-0.39, 0.29) is 6.10 Å². The molecule has 1 fully saturated rings. The fourth-order valence-corrected chi connectivity index (χ4v) is 2.12. The number of hydrogen-bond donors (Lipinski definition) is 2. The average molecular weight is 292 g/mol. The van der Waals surface area contributed by atoms with E-state index in [0.29, 0.717) is 24.3 Å². The number of pyridine rings is 1. The molecule has 114 valence electrons. The molecule has 1 heterocycles. The Kier molecular flexibility index (Phi) is 4.45. The molecule has 0 bridgehead atoms. The first-order chi connectivity index (χ1) is 9.97. The van der Waals surface area contributed by atoms with Gasteiger partial charge in [0.1, 0.15) is 5.54 Å². The highest BCUT2D eigenvalue weighted by Gasteiger charge is 2.45. The largest absolute Gasteiger partial charge is 0.480 e. The molecule has 1 aromatic heterocycles. The molecule has 1 atom stereocenters. The molecule has 1 amide bonds. The number of rotatable bonds is 6. The van der Waals surface area contributed by atoms with Crippen LogP contribution in [0.4, 0.5) is 0 Å². The molecule has 2 N–H and O–H groups in total. The number of carbonyl (C=O) groups excluding carboxylic acids is 1. The lowest BCUT2D eigenvalue weighted by Crippen LogP contribution is -2.59. The molecular formula is C15H20N2O4. The van der Waals surface area contributed by atoms with Crippen LogP contribution in [0, 0.1) is 0 Å². The zero-order chi connectivity index (χ0) is 15.5. The summed E-state index contributed by atoms with van der Waals surface area (Å²) in [5, 5.41) is 11.9. The third-order valence-corrected chi connectivity index (χ3v) is 3.86. The summed E-state index contributed by atoms with van der Waals surface area (Å²) in [6.07, 6.45) is 4.07. The van der Waals surface area contributed by atoms with Crippen molar-refractivity contribution in [3.05, 3.63) is 23.9 Å². The van der Waals surface area contributed by atoms with Crippen molar-refractivity contribution in [1.82, 2.24) is 10.3 Å². The summed E-state index contributed by atoms with van der Waals surface area (Å²) in [5.41, 5.74) is -0.756. The summed E-state index contributed by atoms with van der Waals surface area (Å²) >= 11 is 0. The number of amides is 1. The number of hydrogen-bond acceptors (Lipinski definition) is 4. The van der Waals surface area contributed by atoms with E-state index in [1.54, 1.807) is 6.07 Å². The first-order valence-electron chi connectivity index (χ1n) is 7.15. The minimum atomic E-state index is -1.11. The maximum Gasteiger partial charge on any atom is 0.329 e. The van der Waals surface area contributed by atoms with E-state index in [4.69, 9.17) is 4.74 Å². The minimum absolute atomic E-state index is 0.00723. The van der Waals surface area contributed by atoms with Crippen LogP contribution in [0.5, 0.6) is 5.88 Å². The molecule has 0 saturated heterocycles. The van der Waals surface area contributed by atoms with Gasteiger partial charge in [-0.15, -0.1) is 0 Å². The maximum atomic E-state index is 12.2. The van der Waals surface area contributed by atoms with Crippen LogP contribution in [0.15, 0.2) is 18.3 Å². The molecule has 0 aromatic carbocycles. The second-order valence-electron chi connectivity index (χ2n) is 5.41. The van der Waals surface area contributed by atoms with E-state index in [1.807, 2.05) is 13.8 Å². The van der Waals surface area contributed by atoms with Gasteiger partial charge < -0.3 is 15.2 Å². The van der Waals surface area contributed by atoms with Gasteiger partial charge >= 0.3 is 5.97 Å². The van der Waals surface area contributed by atoms with Crippen LogP contribution in [0.3, 0.4) is 0 Å². The SMILES string of the molecule is CCC(C)Oc1cc(C(=O)NC2(C(=O)O)CCC2)ccn1. The molecule has 6 nitrogen and oxygen atoms in total. The van der Waals surface area contributed by atoms with Crippen LogP contribution in [0.1, 0.15) is 49.9 Å². The summed E-state index contributed by atoms with van der Waals surface area (Å²) < 4.78 is 5.56. The van der Waals surface area contributed by atoms with Crippen molar-refractivity contribution in [2.75, 3.05) is 0 Å². The van der Waals surface area contributed by atoms with Crippen LogP contribution in [-0.2, 0) is 4.79 Å². The first kappa shape index (κ1) is 15.3. The summed E-state index contributed by atoms with van der Waals surface area (Å²) in [5.74, 6) is -1.02. The lowest BCUT2D eigenvalue weighted by molar-refractivity contribution is -0.148. The van der Waals surface area contributed by atoms with Crippen LogP contribution in [-0.4, -0.2) is 33.6 Å². The van der Waals surface area contributed by atoms with Crippen molar-refractivity contribution in [1.29, 1.82) is 0 Å². The Bertz CT molecular complexity index is 540. The maximum absolute atomic E-state index is 12.2. The quantitative estimate of drug-likeness (QED) is 0.837. The van der Waals surface area contributed by atoms with Crippen LogP contribution >= 0.6 is 0 Å². The van der Waals surface area contributed by atoms with E-state index in [2.05, 4.69) is 10.3 Å². The third-order valence-electron chi connectivity index (χ3n) is 3.86. The second-order valence-corrected chi connectivity index (χ2v) is 5.41. The van der Waals surface area contributed by atoms with Gasteiger partial charge in [0.05, 0.1) is 6.10 Å². The number of carbonyl (C=O) groups is 2. The summed E-state index contributed by atoms with van der Waals surface area (Å²) in [7, 11) is 0. The number of ether oxygens (including phenoxy) is 1. The van der Waals surface area contributed by atoms with Crippen molar-refractivity contribution in [3.8, 4) is 5.88 Å². The molecule has 1 aliphatic rings. The zero-order valence-electron chi connectivity index (χ0n) is 12.3. The predicted molar refractivity (Wildman–Crippen MR) is 76.3 cm³/mol. The van der Waals surface area contributed by atoms with Crippen molar-refractivity contribution >= 4 is 11.9 Å². The monoisotopic (exact) mass is 292 g/mol. The van der Waals surface area contributed by atoms with E-state index < -0.39 is 17.4 Å². The van der Waals surface area contributed by atoms with Crippen LogP contribution < -0.4 is 10.1 Å². The predicted octanol–water partition coefficient (Wildman–Crippen LogP) is 2.00. The Hall–Kier alpha value is -2.11. The second kappa shape index (κ2) is 6.11. The van der Waals surface area contributed by atoms with Gasteiger partial charge in [-0.2, -0.15) is 0 Å². The van der Waals surface area contributed by atoms with Crippen molar-refractivity contribution in [2.24, 2.45) is 0 Å². The standard InChI is InChI=1S/C15H20N2O4/c1-3-10(2)21-12-9-11(5-8-16-12)13(18)17-15(14(19)20)6-4-7-15/h5,8-10H,3-4,6-7H2,1-2H3,(H,17,18)(H,19,20). The highest BCUT2D eigenvalue weighted by atomic mass is 16.5. The Morgan fingerprint density at radius 2 is 2.24 bits per heavy atom. The minimum Gasteiger partial charge on any atom is -0.480 e. The molecule has 1 aromatic rings. The highest BCUT2D eigenvalue weighted by Crippen LogP contribution is 2.32. The van der Waals surface area contributed by atoms with E-state index in [1.165, 1.54) is 12.3 Å². The number of carboxylic acid groups (broad SMARTS) is 1. The van der Waals surface area contributed by atoms with Gasteiger partial charge in [-0.3, -0.25) is 4.79 Å². The molecule has 2 rings (SSSR count).